The van der Waals surface area contributed by atoms with Gasteiger partial charge < -0.3 is 15.1 Å². The van der Waals surface area contributed by atoms with Crippen molar-refractivity contribution < 1.29 is 23.4 Å². The molecule has 1 aromatic carbocycles. The van der Waals surface area contributed by atoms with E-state index in [1.807, 2.05) is 0 Å². The second-order valence-corrected chi connectivity index (χ2v) is 7.78. The summed E-state index contributed by atoms with van der Waals surface area (Å²) < 4.78 is 27.0. The number of sulfonamides is 1. The van der Waals surface area contributed by atoms with Gasteiger partial charge in [0.15, 0.2) is 0 Å². The molecule has 1 aromatic rings. The number of aliphatic hydroxyl groups is 1. The molecule has 7 nitrogen and oxygen atoms in total. The predicted molar refractivity (Wildman–Crippen MR) is 89.5 cm³/mol. The summed E-state index contributed by atoms with van der Waals surface area (Å²) in [7, 11) is -3.84. The smallest absolute Gasteiger partial charge is 0.337 e. The molecule has 8 heteroatoms. The van der Waals surface area contributed by atoms with Gasteiger partial charge in [-0.25, -0.2) is 17.9 Å². The topological polar surface area (TPSA) is 107 Å². The molecule has 0 aromatic heterocycles. The first kappa shape index (κ1) is 18.9. The number of aliphatic hydroxyl groups excluding tert-OH is 1. The van der Waals surface area contributed by atoms with E-state index < -0.39 is 16.0 Å². The Bertz CT molecular complexity index is 662. The molecule has 3 N–H and O–H groups in total. The molecule has 24 heavy (non-hydrogen) atoms. The highest BCUT2D eigenvalue weighted by Gasteiger charge is 2.22. The van der Waals surface area contributed by atoms with Gasteiger partial charge in [-0.05, 0) is 50.4 Å². The van der Waals surface area contributed by atoms with E-state index in [4.69, 9.17) is 5.11 Å². The minimum atomic E-state index is -3.84. The molecule has 0 bridgehead atoms. The Kier molecular flexibility index (Phi) is 6.73. The van der Waals surface area contributed by atoms with Crippen LogP contribution >= 0.6 is 0 Å². The Hall–Kier alpha value is -1.48. The van der Waals surface area contributed by atoms with Crippen LogP contribution in [0.25, 0.3) is 0 Å². The Labute approximate surface area is 142 Å². The van der Waals surface area contributed by atoms with Gasteiger partial charge in [0.2, 0.25) is 10.0 Å². The first-order chi connectivity index (χ1) is 11.4. The number of hydrogen-bond donors (Lipinski definition) is 3. The van der Waals surface area contributed by atoms with E-state index in [0.29, 0.717) is 12.3 Å². The van der Waals surface area contributed by atoms with Crippen LogP contribution in [-0.4, -0.2) is 62.3 Å². The summed E-state index contributed by atoms with van der Waals surface area (Å²) >= 11 is 0. The number of carbonyl (C=O) groups is 1. The van der Waals surface area contributed by atoms with E-state index >= 15 is 0 Å². The van der Waals surface area contributed by atoms with Gasteiger partial charge in [-0.1, -0.05) is 12.1 Å². The van der Waals surface area contributed by atoms with Crippen LogP contribution in [0.3, 0.4) is 0 Å². The highest BCUT2D eigenvalue weighted by Crippen LogP contribution is 2.17. The number of hydrogen-bond acceptors (Lipinski definition) is 5. The molecule has 1 saturated heterocycles. The second-order valence-electron chi connectivity index (χ2n) is 6.04. The molecular formula is C16H24N2O5S. The molecule has 0 radical (unpaired) electrons. The largest absolute Gasteiger partial charge is 0.478 e. The Balaban J connectivity index is 1.86. The van der Waals surface area contributed by atoms with Crippen molar-refractivity contribution in [3.63, 3.8) is 0 Å². The summed E-state index contributed by atoms with van der Waals surface area (Å²) in [5.74, 6) is -0.961. The molecule has 134 valence electrons. The Morgan fingerprint density at radius 2 is 2.08 bits per heavy atom. The summed E-state index contributed by atoms with van der Waals surface area (Å²) in [5.41, 5.74) is -0.230. The third-order valence-corrected chi connectivity index (χ3v) is 5.73. The molecule has 0 amide bonds. The van der Waals surface area contributed by atoms with Crippen LogP contribution in [-0.2, 0) is 10.0 Å². The maximum Gasteiger partial charge on any atom is 0.337 e. The van der Waals surface area contributed by atoms with Crippen molar-refractivity contribution >= 4 is 16.0 Å². The SMILES string of the molecule is O=C(O)c1ccccc1S(=O)(=O)NCCCN1CCCC(CO)C1. The van der Waals surface area contributed by atoms with Crippen LogP contribution in [0.1, 0.15) is 29.6 Å². The van der Waals surface area contributed by atoms with E-state index in [-0.39, 0.29) is 23.6 Å². The van der Waals surface area contributed by atoms with Gasteiger partial charge in [-0.15, -0.1) is 0 Å². The zero-order valence-corrected chi connectivity index (χ0v) is 14.3. The van der Waals surface area contributed by atoms with Gasteiger partial charge in [0.05, 0.1) is 10.5 Å². The maximum absolute atomic E-state index is 12.3. The number of carboxylic acid groups (broad SMARTS) is 1. The first-order valence-corrected chi connectivity index (χ1v) is 9.57. The monoisotopic (exact) mass is 356 g/mol. The number of carboxylic acids is 1. The summed E-state index contributed by atoms with van der Waals surface area (Å²) in [4.78, 5) is 13.2. The standard InChI is InChI=1S/C16H24N2O5S/c19-12-13-5-3-9-18(11-13)10-4-8-17-24(22,23)15-7-2-1-6-14(15)16(20)21/h1-2,6-7,13,17,19H,3-5,8-12H2,(H,20,21). The van der Waals surface area contributed by atoms with Crippen molar-refractivity contribution in [2.75, 3.05) is 32.8 Å². The van der Waals surface area contributed by atoms with E-state index in [2.05, 4.69) is 9.62 Å². The Morgan fingerprint density at radius 3 is 2.79 bits per heavy atom. The average Bonchev–Trinajstić information content (AvgIpc) is 2.59. The lowest BCUT2D eigenvalue weighted by molar-refractivity contribution is 0.0692. The molecule has 1 aliphatic heterocycles. The molecular weight excluding hydrogens is 332 g/mol. The van der Waals surface area contributed by atoms with Gasteiger partial charge in [0.1, 0.15) is 0 Å². The summed E-state index contributed by atoms with van der Waals surface area (Å²) in [6.07, 6.45) is 2.71. The second kappa shape index (κ2) is 8.57. The minimum absolute atomic E-state index is 0.190. The fraction of sp³-hybridized carbons (Fsp3) is 0.562. The predicted octanol–water partition coefficient (Wildman–Crippen LogP) is 0.758. The molecule has 1 fully saturated rings. The van der Waals surface area contributed by atoms with Crippen LogP contribution in [0.5, 0.6) is 0 Å². The highest BCUT2D eigenvalue weighted by molar-refractivity contribution is 7.89. The first-order valence-electron chi connectivity index (χ1n) is 8.09. The van der Waals surface area contributed by atoms with Gasteiger partial charge in [0.25, 0.3) is 0 Å². The van der Waals surface area contributed by atoms with Gasteiger partial charge in [0, 0.05) is 19.7 Å². The molecule has 1 aliphatic rings. The van der Waals surface area contributed by atoms with Crippen molar-refractivity contribution in [2.24, 2.45) is 5.92 Å². The van der Waals surface area contributed by atoms with Crippen molar-refractivity contribution in [2.45, 2.75) is 24.2 Å². The normalized spacial score (nSPS) is 19.3. The third-order valence-electron chi connectivity index (χ3n) is 4.21. The Morgan fingerprint density at radius 1 is 1.33 bits per heavy atom. The lowest BCUT2D eigenvalue weighted by atomic mass is 9.99. The summed E-state index contributed by atoms with van der Waals surface area (Å²) in [6, 6.07) is 5.57. The van der Waals surface area contributed by atoms with Crippen LogP contribution in [0.4, 0.5) is 0 Å². The van der Waals surface area contributed by atoms with Gasteiger partial charge in [-0.2, -0.15) is 0 Å². The molecule has 0 saturated carbocycles. The van der Waals surface area contributed by atoms with Crippen molar-refractivity contribution in [3.05, 3.63) is 29.8 Å². The van der Waals surface area contributed by atoms with Crippen LogP contribution in [0, 0.1) is 5.92 Å². The van der Waals surface area contributed by atoms with Crippen molar-refractivity contribution in [1.82, 2.24) is 9.62 Å². The number of rotatable bonds is 8. The number of piperidine rings is 1. The van der Waals surface area contributed by atoms with E-state index in [9.17, 15) is 18.3 Å². The van der Waals surface area contributed by atoms with Crippen LogP contribution in [0.2, 0.25) is 0 Å². The molecule has 0 aliphatic carbocycles. The van der Waals surface area contributed by atoms with Crippen molar-refractivity contribution in [1.29, 1.82) is 0 Å². The number of nitrogens with one attached hydrogen (secondary N) is 1. The zero-order valence-electron chi connectivity index (χ0n) is 13.5. The van der Waals surface area contributed by atoms with Crippen LogP contribution in [0.15, 0.2) is 29.2 Å². The number of likely N-dealkylation sites (tertiary alicyclic amines) is 1. The summed E-state index contributed by atoms with van der Waals surface area (Å²) in [6.45, 7) is 2.99. The van der Waals surface area contributed by atoms with Crippen LogP contribution < -0.4 is 4.72 Å². The van der Waals surface area contributed by atoms with Gasteiger partial charge in [-0.3, -0.25) is 0 Å². The fourth-order valence-corrected chi connectivity index (χ4v) is 4.24. The van der Waals surface area contributed by atoms with Crippen molar-refractivity contribution in [3.8, 4) is 0 Å². The highest BCUT2D eigenvalue weighted by atomic mass is 32.2. The molecule has 2 rings (SSSR count). The number of nitrogens with zero attached hydrogens (tertiary/aromatic N) is 1. The molecule has 1 atom stereocenters. The molecule has 0 spiro atoms. The number of benzene rings is 1. The molecule has 1 heterocycles. The fourth-order valence-electron chi connectivity index (χ4n) is 2.97. The van der Waals surface area contributed by atoms with E-state index in [0.717, 1.165) is 32.5 Å². The minimum Gasteiger partial charge on any atom is -0.478 e. The maximum atomic E-state index is 12.3. The number of aromatic carboxylic acids is 1. The average molecular weight is 356 g/mol. The zero-order chi connectivity index (χ0) is 17.6. The lowest BCUT2D eigenvalue weighted by Gasteiger charge is -2.31. The van der Waals surface area contributed by atoms with Gasteiger partial charge >= 0.3 is 5.97 Å². The third kappa shape index (κ3) is 5.01. The van der Waals surface area contributed by atoms with E-state index in [1.54, 1.807) is 0 Å². The quantitative estimate of drug-likeness (QED) is 0.594. The lowest BCUT2D eigenvalue weighted by Crippen LogP contribution is -2.38. The van der Waals surface area contributed by atoms with E-state index in [1.165, 1.54) is 24.3 Å². The summed E-state index contributed by atoms with van der Waals surface area (Å²) in [5, 5.41) is 18.3. The molecule has 1 unspecified atom stereocenters.